The zero-order valence-electron chi connectivity index (χ0n) is 8.09. The van der Waals surface area contributed by atoms with Crippen LogP contribution in [0.15, 0.2) is 0 Å². The molecule has 12 heavy (non-hydrogen) atoms. The molecule has 2 unspecified atom stereocenters. The largest absolute Gasteiger partial charge is 0.466 e. The molecule has 3 nitrogen and oxygen atoms in total. The van der Waals surface area contributed by atoms with Crippen LogP contribution in [0, 0.1) is 11.8 Å². The van der Waals surface area contributed by atoms with Crippen LogP contribution in [0.1, 0.15) is 27.7 Å². The first-order valence-electron chi connectivity index (χ1n) is 4.17. The van der Waals surface area contributed by atoms with E-state index in [-0.39, 0.29) is 23.6 Å². The predicted octanol–water partition coefficient (Wildman–Crippen LogP) is 1.41. The first-order chi connectivity index (χ1) is 5.50. The maximum absolute atomic E-state index is 11.1. The predicted molar refractivity (Wildman–Crippen MR) is 45.6 cm³/mol. The van der Waals surface area contributed by atoms with Crippen LogP contribution < -0.4 is 0 Å². The topological polar surface area (TPSA) is 43.4 Å². The molecule has 0 bridgehead atoms. The first kappa shape index (κ1) is 11.1. The number of carbonyl (C=O) groups excluding carboxylic acids is 2. The van der Waals surface area contributed by atoms with Crippen molar-refractivity contribution in [1.82, 2.24) is 0 Å². The number of ether oxygens (including phenoxy) is 1. The summed E-state index contributed by atoms with van der Waals surface area (Å²) in [4.78, 5) is 22.0. The molecule has 0 aliphatic carbocycles. The van der Waals surface area contributed by atoms with Crippen LogP contribution >= 0.6 is 0 Å². The van der Waals surface area contributed by atoms with E-state index in [1.165, 1.54) is 6.92 Å². The van der Waals surface area contributed by atoms with Gasteiger partial charge in [0.2, 0.25) is 0 Å². The minimum absolute atomic E-state index is 0.0237. The van der Waals surface area contributed by atoms with E-state index in [2.05, 4.69) is 0 Å². The highest BCUT2D eigenvalue weighted by atomic mass is 16.5. The standard InChI is InChI=1S/C9H16O3/c1-5-12-9(11)7(3)6(2)8(4)10/h6-7H,5H2,1-4H3. The highest BCUT2D eigenvalue weighted by molar-refractivity contribution is 5.84. The van der Waals surface area contributed by atoms with Crippen LogP contribution in [0.3, 0.4) is 0 Å². The van der Waals surface area contributed by atoms with Crippen molar-refractivity contribution in [1.29, 1.82) is 0 Å². The average Bonchev–Trinajstić information content (AvgIpc) is 2.02. The molecule has 0 amide bonds. The second-order valence-corrected chi connectivity index (χ2v) is 2.94. The number of rotatable bonds is 4. The number of hydrogen-bond donors (Lipinski definition) is 0. The van der Waals surface area contributed by atoms with Crippen molar-refractivity contribution < 1.29 is 14.3 Å². The van der Waals surface area contributed by atoms with E-state index in [0.29, 0.717) is 6.61 Å². The Bertz CT molecular complexity index is 175. The van der Waals surface area contributed by atoms with Gasteiger partial charge in [-0.05, 0) is 13.8 Å². The molecule has 2 atom stereocenters. The Hall–Kier alpha value is -0.860. The zero-order valence-corrected chi connectivity index (χ0v) is 8.09. The highest BCUT2D eigenvalue weighted by Crippen LogP contribution is 2.13. The van der Waals surface area contributed by atoms with Gasteiger partial charge in [-0.1, -0.05) is 13.8 Å². The highest BCUT2D eigenvalue weighted by Gasteiger charge is 2.24. The number of carbonyl (C=O) groups is 2. The summed E-state index contributed by atoms with van der Waals surface area (Å²) in [5.74, 6) is -0.845. The van der Waals surface area contributed by atoms with Gasteiger partial charge in [-0.15, -0.1) is 0 Å². The lowest BCUT2D eigenvalue weighted by Crippen LogP contribution is -2.25. The number of Topliss-reactive ketones (excluding diaryl/α,β-unsaturated/α-hetero) is 1. The van der Waals surface area contributed by atoms with Crippen molar-refractivity contribution in [3.05, 3.63) is 0 Å². The average molecular weight is 172 g/mol. The van der Waals surface area contributed by atoms with E-state index in [9.17, 15) is 9.59 Å². The van der Waals surface area contributed by atoms with E-state index in [4.69, 9.17) is 4.74 Å². The molecule has 0 aromatic carbocycles. The third kappa shape index (κ3) is 3.03. The molecule has 0 saturated heterocycles. The molecular weight excluding hydrogens is 156 g/mol. The first-order valence-corrected chi connectivity index (χ1v) is 4.17. The molecule has 0 aliphatic rings. The SMILES string of the molecule is CCOC(=O)C(C)C(C)C(C)=O. The van der Waals surface area contributed by atoms with E-state index in [1.807, 2.05) is 0 Å². The lowest BCUT2D eigenvalue weighted by Gasteiger charge is -2.14. The summed E-state index contributed by atoms with van der Waals surface area (Å²) in [6.07, 6.45) is 0. The van der Waals surface area contributed by atoms with Crippen molar-refractivity contribution in [3.63, 3.8) is 0 Å². The fourth-order valence-electron chi connectivity index (χ4n) is 0.830. The van der Waals surface area contributed by atoms with Crippen molar-refractivity contribution >= 4 is 11.8 Å². The van der Waals surface area contributed by atoms with Gasteiger partial charge in [0.25, 0.3) is 0 Å². The maximum Gasteiger partial charge on any atom is 0.309 e. The Balaban J connectivity index is 4.09. The Kier molecular flexibility index (Phi) is 4.55. The van der Waals surface area contributed by atoms with Crippen molar-refractivity contribution in [2.75, 3.05) is 6.61 Å². The van der Waals surface area contributed by atoms with E-state index in [0.717, 1.165) is 0 Å². The third-order valence-corrected chi connectivity index (χ3v) is 2.05. The minimum atomic E-state index is -0.331. The van der Waals surface area contributed by atoms with Gasteiger partial charge in [0, 0.05) is 5.92 Å². The van der Waals surface area contributed by atoms with E-state index >= 15 is 0 Å². The van der Waals surface area contributed by atoms with Gasteiger partial charge in [0.05, 0.1) is 12.5 Å². The molecule has 0 N–H and O–H groups in total. The van der Waals surface area contributed by atoms with Crippen LogP contribution in [-0.4, -0.2) is 18.4 Å². The fraction of sp³-hybridized carbons (Fsp3) is 0.778. The fourth-order valence-corrected chi connectivity index (χ4v) is 0.830. The Morgan fingerprint density at radius 1 is 1.25 bits per heavy atom. The van der Waals surface area contributed by atoms with Crippen molar-refractivity contribution in [2.45, 2.75) is 27.7 Å². The third-order valence-electron chi connectivity index (χ3n) is 2.05. The maximum atomic E-state index is 11.1. The summed E-state index contributed by atoms with van der Waals surface area (Å²) in [6, 6.07) is 0. The van der Waals surface area contributed by atoms with Gasteiger partial charge in [-0.2, -0.15) is 0 Å². The Morgan fingerprint density at radius 3 is 2.08 bits per heavy atom. The molecule has 0 fully saturated rings. The summed E-state index contributed by atoms with van der Waals surface area (Å²) in [6.45, 7) is 7.06. The van der Waals surface area contributed by atoms with Crippen LogP contribution in [0.4, 0.5) is 0 Å². The molecule has 0 aliphatic heterocycles. The van der Waals surface area contributed by atoms with Gasteiger partial charge in [-0.3, -0.25) is 9.59 Å². The summed E-state index contributed by atoms with van der Waals surface area (Å²) in [5.41, 5.74) is 0. The number of hydrogen-bond acceptors (Lipinski definition) is 3. The second-order valence-electron chi connectivity index (χ2n) is 2.94. The monoisotopic (exact) mass is 172 g/mol. The summed E-state index contributed by atoms with van der Waals surface area (Å²) in [5, 5.41) is 0. The van der Waals surface area contributed by atoms with Crippen LogP contribution in [0.25, 0.3) is 0 Å². The molecule has 0 aromatic rings. The van der Waals surface area contributed by atoms with E-state index < -0.39 is 0 Å². The molecule has 0 rings (SSSR count). The van der Waals surface area contributed by atoms with Gasteiger partial charge in [0.15, 0.2) is 0 Å². The zero-order chi connectivity index (χ0) is 9.72. The molecule has 3 heteroatoms. The molecule has 0 spiro atoms. The van der Waals surface area contributed by atoms with Crippen LogP contribution in [-0.2, 0) is 14.3 Å². The molecule has 0 radical (unpaired) electrons. The molecule has 0 saturated carbocycles. The second kappa shape index (κ2) is 4.91. The summed E-state index contributed by atoms with van der Waals surface area (Å²) < 4.78 is 4.78. The molecule has 0 heterocycles. The molecule has 70 valence electrons. The Labute approximate surface area is 73.1 Å². The lowest BCUT2D eigenvalue weighted by atomic mass is 9.93. The van der Waals surface area contributed by atoms with Crippen LogP contribution in [0.2, 0.25) is 0 Å². The lowest BCUT2D eigenvalue weighted by molar-refractivity contribution is -0.151. The van der Waals surface area contributed by atoms with Gasteiger partial charge in [0.1, 0.15) is 5.78 Å². The van der Waals surface area contributed by atoms with E-state index in [1.54, 1.807) is 20.8 Å². The molecular formula is C9H16O3. The van der Waals surface area contributed by atoms with Crippen molar-refractivity contribution in [2.24, 2.45) is 11.8 Å². The summed E-state index contributed by atoms with van der Waals surface area (Å²) >= 11 is 0. The smallest absolute Gasteiger partial charge is 0.309 e. The van der Waals surface area contributed by atoms with Gasteiger partial charge < -0.3 is 4.74 Å². The normalized spacial score (nSPS) is 15.0. The Morgan fingerprint density at radius 2 is 1.75 bits per heavy atom. The van der Waals surface area contributed by atoms with Crippen LogP contribution in [0.5, 0.6) is 0 Å². The minimum Gasteiger partial charge on any atom is -0.466 e. The van der Waals surface area contributed by atoms with Crippen molar-refractivity contribution in [3.8, 4) is 0 Å². The van der Waals surface area contributed by atoms with Gasteiger partial charge >= 0.3 is 5.97 Å². The number of ketones is 1. The number of esters is 1. The quantitative estimate of drug-likeness (QED) is 0.602. The summed E-state index contributed by atoms with van der Waals surface area (Å²) in [7, 11) is 0. The molecule has 0 aromatic heterocycles. The van der Waals surface area contributed by atoms with Gasteiger partial charge in [-0.25, -0.2) is 0 Å².